The number of ether oxygens (including phenoxy) is 1. The van der Waals surface area contributed by atoms with Gasteiger partial charge in [-0.3, -0.25) is 4.79 Å². The second-order valence-corrected chi connectivity index (χ2v) is 6.39. The van der Waals surface area contributed by atoms with Gasteiger partial charge in [0.1, 0.15) is 23.9 Å². The van der Waals surface area contributed by atoms with E-state index in [1.54, 1.807) is 24.3 Å². The van der Waals surface area contributed by atoms with Crippen molar-refractivity contribution >= 4 is 11.6 Å². The molecule has 0 bridgehead atoms. The number of hydrogen-bond acceptors (Lipinski definition) is 3. The molecule has 0 saturated heterocycles. The number of hydrogen-bond donors (Lipinski definition) is 1. The van der Waals surface area contributed by atoms with Crippen LogP contribution in [-0.2, 0) is 13.0 Å². The molecule has 0 unspecified atom stereocenters. The molecule has 0 aliphatic heterocycles. The molecule has 0 radical (unpaired) electrons. The molecule has 0 aliphatic rings. The van der Waals surface area contributed by atoms with Gasteiger partial charge in [-0.1, -0.05) is 31.5 Å². The highest BCUT2D eigenvalue weighted by Crippen LogP contribution is 2.19. The van der Waals surface area contributed by atoms with Crippen LogP contribution in [0.1, 0.15) is 40.8 Å². The molecule has 2 aromatic carbocycles. The van der Waals surface area contributed by atoms with Crippen LogP contribution in [0.4, 0.5) is 10.1 Å². The van der Waals surface area contributed by atoms with E-state index >= 15 is 0 Å². The lowest BCUT2D eigenvalue weighted by Gasteiger charge is -2.06. The zero-order chi connectivity index (χ0) is 19.2. The Kier molecular flexibility index (Phi) is 5.91. The Labute approximate surface area is 158 Å². The SMILES string of the molecule is CCCc1ccc(OCc2ccc(C(=O)Nc3cc(C)ccc3F)o2)cc1. The first kappa shape index (κ1) is 18.7. The summed E-state index contributed by atoms with van der Waals surface area (Å²) < 4.78 is 25.0. The third-order valence-electron chi connectivity index (χ3n) is 4.10. The van der Waals surface area contributed by atoms with Crippen LogP contribution in [0.15, 0.2) is 59.0 Å². The third-order valence-corrected chi connectivity index (χ3v) is 4.10. The van der Waals surface area contributed by atoms with Crippen LogP contribution in [0.5, 0.6) is 5.75 Å². The van der Waals surface area contributed by atoms with Crippen LogP contribution >= 0.6 is 0 Å². The number of carbonyl (C=O) groups is 1. The monoisotopic (exact) mass is 367 g/mol. The second-order valence-electron chi connectivity index (χ2n) is 6.39. The molecule has 1 aromatic heterocycles. The molecule has 0 saturated carbocycles. The Morgan fingerprint density at radius 3 is 2.63 bits per heavy atom. The molecule has 27 heavy (non-hydrogen) atoms. The average Bonchev–Trinajstić information content (AvgIpc) is 3.14. The van der Waals surface area contributed by atoms with Crippen molar-refractivity contribution in [3.05, 3.63) is 83.1 Å². The van der Waals surface area contributed by atoms with Gasteiger partial charge in [0.25, 0.3) is 5.91 Å². The summed E-state index contributed by atoms with van der Waals surface area (Å²) in [6, 6.07) is 15.7. The normalized spacial score (nSPS) is 10.6. The van der Waals surface area contributed by atoms with Crippen molar-refractivity contribution in [2.24, 2.45) is 0 Å². The first-order valence-electron chi connectivity index (χ1n) is 8.93. The average molecular weight is 367 g/mol. The van der Waals surface area contributed by atoms with E-state index in [4.69, 9.17) is 9.15 Å². The van der Waals surface area contributed by atoms with Crippen LogP contribution in [0.3, 0.4) is 0 Å². The van der Waals surface area contributed by atoms with Gasteiger partial charge in [-0.05, 0) is 60.9 Å². The number of furan rings is 1. The van der Waals surface area contributed by atoms with Crippen molar-refractivity contribution in [2.75, 3.05) is 5.32 Å². The lowest BCUT2D eigenvalue weighted by molar-refractivity contribution is 0.0992. The highest BCUT2D eigenvalue weighted by Gasteiger charge is 2.14. The Morgan fingerprint density at radius 1 is 1.11 bits per heavy atom. The molecule has 1 N–H and O–H groups in total. The van der Waals surface area contributed by atoms with Gasteiger partial charge in [0, 0.05) is 0 Å². The predicted molar refractivity (Wildman–Crippen MR) is 103 cm³/mol. The lowest BCUT2D eigenvalue weighted by atomic mass is 10.1. The predicted octanol–water partition coefficient (Wildman–Crippen LogP) is 5.51. The van der Waals surface area contributed by atoms with Gasteiger partial charge in [-0.2, -0.15) is 0 Å². The number of amides is 1. The van der Waals surface area contributed by atoms with Crippen molar-refractivity contribution in [2.45, 2.75) is 33.3 Å². The summed E-state index contributed by atoms with van der Waals surface area (Å²) in [5, 5.41) is 2.52. The number of aryl methyl sites for hydroxylation is 2. The largest absolute Gasteiger partial charge is 0.486 e. The minimum absolute atomic E-state index is 0.104. The Hall–Kier alpha value is -3.08. The topological polar surface area (TPSA) is 51.5 Å². The third kappa shape index (κ3) is 4.97. The molecule has 3 aromatic rings. The molecule has 140 valence electrons. The van der Waals surface area contributed by atoms with Crippen molar-refractivity contribution < 1.29 is 18.3 Å². The Morgan fingerprint density at radius 2 is 1.89 bits per heavy atom. The summed E-state index contributed by atoms with van der Waals surface area (Å²) in [4.78, 5) is 12.3. The van der Waals surface area contributed by atoms with Crippen molar-refractivity contribution in [3.8, 4) is 5.75 Å². The fourth-order valence-corrected chi connectivity index (χ4v) is 2.69. The number of carbonyl (C=O) groups excluding carboxylic acids is 1. The quantitative estimate of drug-likeness (QED) is 0.599. The summed E-state index contributed by atoms with van der Waals surface area (Å²) in [5.74, 6) is 0.361. The van der Waals surface area contributed by atoms with Crippen molar-refractivity contribution in [1.82, 2.24) is 0 Å². The van der Waals surface area contributed by atoms with Gasteiger partial charge in [0.05, 0.1) is 5.69 Å². The van der Waals surface area contributed by atoms with Gasteiger partial charge in [-0.15, -0.1) is 0 Å². The van der Waals surface area contributed by atoms with Gasteiger partial charge < -0.3 is 14.5 Å². The Balaban J connectivity index is 1.59. The maximum absolute atomic E-state index is 13.8. The fourth-order valence-electron chi connectivity index (χ4n) is 2.69. The maximum Gasteiger partial charge on any atom is 0.291 e. The molecule has 0 fully saturated rings. The van der Waals surface area contributed by atoms with Crippen LogP contribution in [0.2, 0.25) is 0 Å². The molecule has 0 aliphatic carbocycles. The van der Waals surface area contributed by atoms with E-state index in [0.29, 0.717) is 5.76 Å². The van der Waals surface area contributed by atoms with Crippen molar-refractivity contribution in [1.29, 1.82) is 0 Å². The van der Waals surface area contributed by atoms with E-state index in [-0.39, 0.29) is 18.1 Å². The smallest absolute Gasteiger partial charge is 0.291 e. The van der Waals surface area contributed by atoms with Gasteiger partial charge in [0.15, 0.2) is 5.76 Å². The first-order valence-corrected chi connectivity index (χ1v) is 8.93. The van der Waals surface area contributed by atoms with E-state index in [1.165, 1.54) is 11.6 Å². The minimum atomic E-state index is -0.505. The molecule has 3 rings (SSSR count). The summed E-state index contributed by atoms with van der Waals surface area (Å²) >= 11 is 0. The fraction of sp³-hybridized carbons (Fsp3) is 0.227. The number of rotatable bonds is 7. The molecule has 1 amide bonds. The molecule has 1 heterocycles. The lowest BCUT2D eigenvalue weighted by Crippen LogP contribution is -2.12. The van der Waals surface area contributed by atoms with E-state index in [2.05, 4.69) is 12.2 Å². The summed E-state index contributed by atoms with van der Waals surface area (Å²) in [6.07, 6.45) is 2.14. The second kappa shape index (κ2) is 8.54. The highest BCUT2D eigenvalue weighted by molar-refractivity contribution is 6.02. The summed E-state index contributed by atoms with van der Waals surface area (Å²) in [7, 11) is 0. The van der Waals surface area contributed by atoms with Crippen LogP contribution in [0.25, 0.3) is 0 Å². The highest BCUT2D eigenvalue weighted by atomic mass is 19.1. The van der Waals surface area contributed by atoms with Crippen LogP contribution in [-0.4, -0.2) is 5.91 Å². The molecular weight excluding hydrogens is 345 g/mol. The van der Waals surface area contributed by atoms with Gasteiger partial charge >= 0.3 is 0 Å². The van der Waals surface area contributed by atoms with Crippen LogP contribution < -0.4 is 10.1 Å². The molecule has 0 spiro atoms. The number of benzene rings is 2. The first-order chi connectivity index (χ1) is 13.0. The zero-order valence-corrected chi connectivity index (χ0v) is 15.4. The molecule has 0 atom stereocenters. The van der Waals surface area contributed by atoms with E-state index < -0.39 is 11.7 Å². The summed E-state index contributed by atoms with van der Waals surface area (Å²) in [5.41, 5.74) is 2.25. The van der Waals surface area contributed by atoms with E-state index in [9.17, 15) is 9.18 Å². The van der Waals surface area contributed by atoms with E-state index in [0.717, 1.165) is 24.2 Å². The molecular formula is C22H22FNO3. The van der Waals surface area contributed by atoms with Crippen LogP contribution in [0, 0.1) is 12.7 Å². The minimum Gasteiger partial charge on any atom is -0.486 e. The number of halogens is 1. The van der Waals surface area contributed by atoms with Gasteiger partial charge in [-0.25, -0.2) is 4.39 Å². The number of nitrogens with one attached hydrogen (secondary N) is 1. The Bertz CT molecular complexity index is 916. The molecule has 4 nitrogen and oxygen atoms in total. The number of anilines is 1. The standard InChI is InChI=1S/C22H22FNO3/c1-3-4-16-6-8-17(9-7-16)26-14-18-10-12-21(27-18)22(25)24-20-13-15(2)5-11-19(20)23/h5-13H,3-4,14H2,1-2H3,(H,24,25). The molecule has 5 heteroatoms. The van der Waals surface area contributed by atoms with E-state index in [1.807, 2.05) is 31.2 Å². The maximum atomic E-state index is 13.8. The van der Waals surface area contributed by atoms with Crippen molar-refractivity contribution in [3.63, 3.8) is 0 Å². The zero-order valence-electron chi connectivity index (χ0n) is 15.4. The van der Waals surface area contributed by atoms with Gasteiger partial charge in [0.2, 0.25) is 0 Å². The summed E-state index contributed by atoms with van der Waals surface area (Å²) in [6.45, 7) is 4.17.